The van der Waals surface area contributed by atoms with Gasteiger partial charge in [-0.15, -0.1) is 6.42 Å². The van der Waals surface area contributed by atoms with Crippen LogP contribution in [0.4, 0.5) is 0 Å². The van der Waals surface area contributed by atoms with Crippen molar-refractivity contribution < 1.29 is 94.2 Å². The second kappa shape index (κ2) is 16.3. The predicted octanol–water partition coefficient (Wildman–Crippen LogP) is -7.57. The molecule has 16 atom stereocenters. The molecule has 3 aliphatic rings. The summed E-state index contributed by atoms with van der Waals surface area (Å²) < 4.78 is 32.6. The molecular weight excluding hydrogens is 630 g/mol. The van der Waals surface area contributed by atoms with Gasteiger partial charge in [-0.2, -0.15) is 0 Å². The van der Waals surface area contributed by atoms with Crippen LogP contribution in [0, 0.1) is 12.3 Å². The predicted molar refractivity (Wildman–Crippen MR) is 143 cm³/mol. The van der Waals surface area contributed by atoms with Gasteiger partial charge in [0.15, 0.2) is 12.6 Å². The van der Waals surface area contributed by atoms with Gasteiger partial charge in [-0.25, -0.2) is 4.79 Å². The number of hydrogen-bond donors (Lipinski definition) is 12. The Kier molecular flexibility index (Phi) is 13.6. The van der Waals surface area contributed by atoms with Gasteiger partial charge in [0.05, 0.1) is 32.0 Å². The molecule has 0 aromatic carbocycles. The zero-order valence-electron chi connectivity index (χ0n) is 24.5. The number of aliphatic carboxylic acids is 1. The minimum absolute atomic E-state index is 0.331. The first kappa shape index (κ1) is 38.3. The Morgan fingerprint density at radius 2 is 1.59 bits per heavy atom. The van der Waals surface area contributed by atoms with Crippen molar-refractivity contribution in [2.24, 2.45) is 0 Å². The lowest BCUT2D eigenvalue weighted by molar-refractivity contribution is -0.386. The number of aliphatic hydroxyl groups excluding tert-OH is 10. The molecule has 3 aliphatic heterocycles. The molecule has 12 N–H and O–H groups in total. The molecule has 0 unspecified atom stereocenters. The summed E-state index contributed by atoms with van der Waals surface area (Å²) in [7, 11) is 0. The van der Waals surface area contributed by atoms with E-state index >= 15 is 0 Å². The van der Waals surface area contributed by atoms with Crippen molar-refractivity contribution in [3.05, 3.63) is 0 Å². The van der Waals surface area contributed by atoms with Crippen molar-refractivity contribution in [3.8, 4) is 12.3 Å². The molecule has 46 heavy (non-hydrogen) atoms. The van der Waals surface area contributed by atoms with Gasteiger partial charge >= 0.3 is 5.97 Å². The zero-order chi connectivity index (χ0) is 34.5. The lowest BCUT2D eigenvalue weighted by atomic mass is 9.88. The molecule has 0 aromatic heterocycles. The first-order valence-corrected chi connectivity index (χ1v) is 14.1. The fourth-order valence-electron chi connectivity index (χ4n) is 5.42. The average molecular weight is 672 g/mol. The SMILES string of the molecule is C#CCO[C@@H]1O[C@H](CO)[C@@H](O[C@@H]2O[C@H](CO)[C@H](O)[C@H](O[C@]3(C(=O)O)C[C@H](O)[C@@H](NC(C)=O)[C@H]([C@H](O)[C@H](O)CO)O3)[C@H]2O)[C@H](O)[C@H]1O. The Morgan fingerprint density at radius 3 is 2.13 bits per heavy atom. The number of carboxylic acids is 1. The summed E-state index contributed by atoms with van der Waals surface area (Å²) in [5.41, 5.74) is 0. The fraction of sp³-hybridized carbons (Fsp3) is 0.846. The standard InChI is InChI=1S/C26H41NO19/c1-3-4-41-23-18(37)17(36)20(13(8-30)43-23)44-24-19(38)22(16(35)12(7-29)42-24)46-26(25(39)40)5-10(32)14(27-9(2)31)21(45-26)15(34)11(33)6-28/h1,10-24,28-30,32-38H,4-8H2,2H3,(H,27,31)(H,39,40)/t10-,11+,12+,13+,14+,15+,16-,17+,18+,19+,20+,21+,22-,23+,24-,26-/m0/s1. The lowest BCUT2D eigenvalue weighted by Gasteiger charge is -2.50. The number of hydrogen-bond acceptors (Lipinski definition) is 18. The minimum atomic E-state index is -3.03. The number of carbonyl (C=O) groups is 2. The van der Waals surface area contributed by atoms with E-state index in [1.807, 2.05) is 0 Å². The molecule has 3 fully saturated rings. The molecule has 0 saturated carbocycles. The highest BCUT2D eigenvalue weighted by atomic mass is 16.8. The molecule has 0 bridgehead atoms. The molecule has 3 heterocycles. The quantitative estimate of drug-likeness (QED) is 0.0809. The van der Waals surface area contributed by atoms with Crippen molar-refractivity contribution in [3.63, 3.8) is 0 Å². The smallest absolute Gasteiger partial charge is 0.364 e. The summed E-state index contributed by atoms with van der Waals surface area (Å²) in [5, 5.41) is 116. The van der Waals surface area contributed by atoms with Crippen LogP contribution in [0.1, 0.15) is 13.3 Å². The van der Waals surface area contributed by atoms with E-state index in [0.29, 0.717) is 0 Å². The first-order chi connectivity index (χ1) is 21.7. The Hall–Kier alpha value is -2.14. The topological polar surface area (TPSA) is 324 Å². The number of ether oxygens (including phenoxy) is 6. The van der Waals surface area contributed by atoms with Crippen LogP contribution in [0.5, 0.6) is 0 Å². The van der Waals surface area contributed by atoms with E-state index in [-0.39, 0.29) is 6.61 Å². The number of amides is 1. The number of carboxylic acid groups (broad SMARTS) is 1. The highest BCUT2D eigenvalue weighted by Crippen LogP contribution is 2.38. The first-order valence-electron chi connectivity index (χ1n) is 14.1. The monoisotopic (exact) mass is 671 g/mol. The third kappa shape index (κ3) is 8.10. The van der Waals surface area contributed by atoms with Gasteiger partial charge in [0.25, 0.3) is 5.79 Å². The number of terminal acetylenes is 1. The van der Waals surface area contributed by atoms with Crippen molar-refractivity contribution in [2.75, 3.05) is 26.4 Å². The maximum atomic E-state index is 12.6. The van der Waals surface area contributed by atoms with Crippen LogP contribution in [0.25, 0.3) is 0 Å². The van der Waals surface area contributed by atoms with E-state index in [0.717, 1.165) is 6.92 Å². The van der Waals surface area contributed by atoms with Gasteiger partial charge in [-0.05, 0) is 0 Å². The normalized spacial score (nSPS) is 42.9. The Morgan fingerprint density at radius 1 is 0.957 bits per heavy atom. The summed E-state index contributed by atoms with van der Waals surface area (Å²) >= 11 is 0. The number of nitrogens with one attached hydrogen (secondary N) is 1. The van der Waals surface area contributed by atoms with Gasteiger partial charge in [0.2, 0.25) is 5.91 Å². The average Bonchev–Trinajstić information content (AvgIpc) is 3.02. The molecule has 1 amide bonds. The summed E-state index contributed by atoms with van der Waals surface area (Å²) in [4.78, 5) is 24.4. The molecule has 3 saturated heterocycles. The molecule has 3 rings (SSSR count). The van der Waals surface area contributed by atoms with Crippen LogP contribution >= 0.6 is 0 Å². The highest BCUT2D eigenvalue weighted by molar-refractivity contribution is 5.76. The van der Waals surface area contributed by atoms with E-state index in [1.54, 1.807) is 0 Å². The summed E-state index contributed by atoms with van der Waals surface area (Å²) in [6, 6.07) is -1.54. The second-order valence-electron chi connectivity index (χ2n) is 11.0. The van der Waals surface area contributed by atoms with Crippen LogP contribution in [0.3, 0.4) is 0 Å². The van der Waals surface area contributed by atoms with Gasteiger partial charge in [-0.1, -0.05) is 5.92 Å². The lowest BCUT2D eigenvalue weighted by Crippen LogP contribution is -2.70. The van der Waals surface area contributed by atoms with Crippen molar-refractivity contribution in [2.45, 2.75) is 111 Å². The van der Waals surface area contributed by atoms with Crippen molar-refractivity contribution in [1.82, 2.24) is 5.32 Å². The molecule has 264 valence electrons. The van der Waals surface area contributed by atoms with Crippen LogP contribution < -0.4 is 5.32 Å². The van der Waals surface area contributed by atoms with Gasteiger partial charge in [0, 0.05) is 13.3 Å². The molecule has 0 radical (unpaired) electrons. The summed E-state index contributed by atoms with van der Waals surface area (Å²) in [6.45, 7) is -2.13. The van der Waals surface area contributed by atoms with Crippen LogP contribution in [0.15, 0.2) is 0 Å². The Labute approximate surface area is 261 Å². The number of rotatable bonds is 13. The molecule has 20 heteroatoms. The van der Waals surface area contributed by atoms with E-state index in [9.17, 15) is 65.8 Å². The second-order valence-corrected chi connectivity index (χ2v) is 11.0. The molecule has 0 aromatic rings. The third-order valence-corrected chi connectivity index (χ3v) is 7.78. The van der Waals surface area contributed by atoms with Gasteiger partial charge < -0.3 is 89.9 Å². The summed E-state index contributed by atoms with van der Waals surface area (Å²) in [6.07, 6.45) is -22.0. The van der Waals surface area contributed by atoms with Gasteiger partial charge in [-0.3, -0.25) is 4.79 Å². The molecule has 0 aliphatic carbocycles. The Bertz CT molecular complexity index is 1060. The molecule has 20 nitrogen and oxygen atoms in total. The number of aliphatic hydroxyl groups is 10. The molecule has 0 spiro atoms. The van der Waals surface area contributed by atoms with Gasteiger partial charge in [0.1, 0.15) is 73.8 Å². The number of carbonyl (C=O) groups excluding carboxylic acids is 1. The molecular formula is C26H41NO19. The van der Waals surface area contributed by atoms with E-state index in [4.69, 9.17) is 34.8 Å². The summed E-state index contributed by atoms with van der Waals surface area (Å²) in [5.74, 6) is -3.61. The zero-order valence-corrected chi connectivity index (χ0v) is 24.5. The van der Waals surface area contributed by atoms with E-state index in [2.05, 4.69) is 11.2 Å². The largest absolute Gasteiger partial charge is 0.477 e. The van der Waals surface area contributed by atoms with Crippen LogP contribution in [-0.2, 0) is 38.0 Å². The maximum Gasteiger partial charge on any atom is 0.364 e. The fourth-order valence-corrected chi connectivity index (χ4v) is 5.42. The van der Waals surface area contributed by atoms with E-state index in [1.165, 1.54) is 0 Å². The minimum Gasteiger partial charge on any atom is -0.477 e. The van der Waals surface area contributed by atoms with Crippen molar-refractivity contribution in [1.29, 1.82) is 0 Å². The van der Waals surface area contributed by atoms with Crippen LogP contribution in [-0.4, -0.2) is 192 Å². The van der Waals surface area contributed by atoms with Crippen molar-refractivity contribution >= 4 is 11.9 Å². The maximum absolute atomic E-state index is 12.6. The van der Waals surface area contributed by atoms with E-state index < -0.39 is 136 Å². The third-order valence-electron chi connectivity index (χ3n) is 7.78. The van der Waals surface area contributed by atoms with Crippen LogP contribution in [0.2, 0.25) is 0 Å². The highest BCUT2D eigenvalue weighted by Gasteiger charge is 2.60. The Balaban J connectivity index is 1.92.